The van der Waals surface area contributed by atoms with Crippen LogP contribution in [0.1, 0.15) is 12.5 Å². The number of ether oxygens (including phenoxy) is 2. The van der Waals surface area contributed by atoms with Crippen molar-refractivity contribution in [3.8, 4) is 11.5 Å². The van der Waals surface area contributed by atoms with Crippen molar-refractivity contribution in [2.75, 3.05) is 6.79 Å². The number of carbonyl (C=O) groups is 1. The van der Waals surface area contributed by atoms with Crippen LogP contribution in [-0.4, -0.2) is 17.9 Å². The van der Waals surface area contributed by atoms with Gasteiger partial charge in [0.25, 0.3) is 0 Å². The second-order valence-electron chi connectivity index (χ2n) is 3.67. The summed E-state index contributed by atoms with van der Waals surface area (Å²) in [6.07, 6.45) is 4.73. The maximum atomic E-state index is 10.4. The first kappa shape index (κ1) is 11.3. The van der Waals surface area contributed by atoms with Crippen molar-refractivity contribution in [2.24, 2.45) is 0 Å². The molecule has 1 aromatic rings. The molecule has 0 aliphatic carbocycles. The molecular formula is C13H12O4. The van der Waals surface area contributed by atoms with Crippen molar-refractivity contribution in [1.82, 2.24) is 0 Å². The van der Waals surface area contributed by atoms with Crippen LogP contribution in [0.25, 0.3) is 6.08 Å². The summed E-state index contributed by atoms with van der Waals surface area (Å²) in [7, 11) is 0. The predicted molar refractivity (Wildman–Crippen MR) is 63.0 cm³/mol. The molecule has 0 saturated carbocycles. The Balaban J connectivity index is 2.14. The molecule has 1 aromatic carbocycles. The van der Waals surface area contributed by atoms with Gasteiger partial charge >= 0.3 is 5.97 Å². The van der Waals surface area contributed by atoms with Crippen LogP contribution in [0.2, 0.25) is 0 Å². The topological polar surface area (TPSA) is 55.8 Å². The Hall–Kier alpha value is -2.23. The summed E-state index contributed by atoms with van der Waals surface area (Å²) >= 11 is 0. The standard InChI is InChI=1S/C13H12O4/c1-9(6-13(14)15)2-3-10-4-5-11-12(7-10)17-8-16-11/h2-7H,8H2,1H3,(H,14,15)/b3-2-,9-6+. The number of aliphatic carboxylic acids is 1. The van der Waals surface area contributed by atoms with Gasteiger partial charge in [-0.15, -0.1) is 0 Å². The third kappa shape index (κ3) is 2.87. The predicted octanol–water partition coefficient (Wildman–Crippen LogP) is 2.46. The van der Waals surface area contributed by atoms with Crippen LogP contribution < -0.4 is 9.47 Å². The molecule has 4 nitrogen and oxygen atoms in total. The highest BCUT2D eigenvalue weighted by Crippen LogP contribution is 2.32. The monoisotopic (exact) mass is 232 g/mol. The zero-order chi connectivity index (χ0) is 12.3. The van der Waals surface area contributed by atoms with Gasteiger partial charge in [-0.3, -0.25) is 0 Å². The van der Waals surface area contributed by atoms with E-state index in [1.54, 1.807) is 13.0 Å². The molecule has 0 fully saturated rings. The first-order chi connectivity index (χ1) is 8.15. The largest absolute Gasteiger partial charge is 0.478 e. The third-order valence-corrected chi connectivity index (χ3v) is 2.29. The molecule has 1 N–H and O–H groups in total. The van der Waals surface area contributed by atoms with Crippen molar-refractivity contribution in [3.05, 3.63) is 41.5 Å². The highest BCUT2D eigenvalue weighted by atomic mass is 16.7. The Morgan fingerprint density at radius 3 is 2.88 bits per heavy atom. The van der Waals surface area contributed by atoms with E-state index in [-0.39, 0.29) is 6.79 Å². The Labute approximate surface area is 98.8 Å². The number of hydrogen-bond acceptors (Lipinski definition) is 3. The van der Waals surface area contributed by atoms with Gasteiger partial charge in [-0.25, -0.2) is 4.79 Å². The molecular weight excluding hydrogens is 220 g/mol. The number of rotatable bonds is 3. The van der Waals surface area contributed by atoms with E-state index in [2.05, 4.69) is 0 Å². The van der Waals surface area contributed by atoms with Crippen molar-refractivity contribution in [3.63, 3.8) is 0 Å². The van der Waals surface area contributed by atoms with Crippen molar-refractivity contribution in [1.29, 1.82) is 0 Å². The molecule has 1 aliphatic rings. The molecule has 0 aromatic heterocycles. The lowest BCUT2D eigenvalue weighted by atomic mass is 10.1. The minimum absolute atomic E-state index is 0.250. The fourth-order valence-electron chi connectivity index (χ4n) is 1.49. The van der Waals surface area contributed by atoms with Gasteiger partial charge in [0.15, 0.2) is 11.5 Å². The quantitative estimate of drug-likeness (QED) is 0.642. The molecule has 0 unspecified atom stereocenters. The van der Waals surface area contributed by atoms with E-state index in [0.29, 0.717) is 11.3 Å². The molecule has 1 heterocycles. The summed E-state index contributed by atoms with van der Waals surface area (Å²) in [6, 6.07) is 5.57. The van der Waals surface area contributed by atoms with E-state index in [9.17, 15) is 4.79 Å². The number of carboxylic acid groups (broad SMARTS) is 1. The zero-order valence-corrected chi connectivity index (χ0v) is 9.34. The Kier molecular flexibility index (Phi) is 3.14. The summed E-state index contributed by atoms with van der Waals surface area (Å²) in [6.45, 7) is 1.98. The maximum absolute atomic E-state index is 10.4. The molecule has 0 bridgehead atoms. The first-order valence-corrected chi connectivity index (χ1v) is 5.14. The number of benzene rings is 1. The minimum atomic E-state index is -0.946. The summed E-state index contributed by atoms with van der Waals surface area (Å²) in [5.74, 6) is 0.504. The van der Waals surface area contributed by atoms with E-state index in [4.69, 9.17) is 14.6 Å². The van der Waals surface area contributed by atoms with Crippen LogP contribution in [0.15, 0.2) is 35.9 Å². The van der Waals surface area contributed by atoms with Gasteiger partial charge in [0.1, 0.15) is 0 Å². The Morgan fingerprint density at radius 1 is 1.35 bits per heavy atom. The van der Waals surface area contributed by atoms with Crippen LogP contribution in [0.4, 0.5) is 0 Å². The van der Waals surface area contributed by atoms with Gasteiger partial charge in [-0.2, -0.15) is 0 Å². The number of fused-ring (bicyclic) bond motifs is 1. The van der Waals surface area contributed by atoms with Gasteiger partial charge in [-0.1, -0.05) is 18.2 Å². The van der Waals surface area contributed by atoms with Crippen LogP contribution in [0, 0.1) is 0 Å². The molecule has 0 saturated heterocycles. The summed E-state index contributed by atoms with van der Waals surface area (Å²) in [5, 5.41) is 8.56. The second kappa shape index (κ2) is 4.74. The SMILES string of the molecule is CC(/C=C\c1ccc2c(c1)OCO2)=C\C(=O)O. The minimum Gasteiger partial charge on any atom is -0.478 e. The summed E-state index contributed by atoms with van der Waals surface area (Å²) in [5.41, 5.74) is 1.61. The third-order valence-electron chi connectivity index (χ3n) is 2.29. The molecule has 0 amide bonds. The van der Waals surface area contributed by atoms with Crippen molar-refractivity contribution in [2.45, 2.75) is 6.92 Å². The van der Waals surface area contributed by atoms with Gasteiger partial charge in [-0.05, 0) is 30.2 Å². The van der Waals surface area contributed by atoms with E-state index >= 15 is 0 Å². The number of allylic oxidation sites excluding steroid dienone is 2. The normalized spacial score (nSPS) is 14.3. The average molecular weight is 232 g/mol. The lowest BCUT2D eigenvalue weighted by Crippen LogP contribution is -1.92. The summed E-state index contributed by atoms with van der Waals surface area (Å²) in [4.78, 5) is 10.4. The van der Waals surface area contributed by atoms with E-state index < -0.39 is 5.97 Å². The molecule has 17 heavy (non-hydrogen) atoms. The average Bonchev–Trinajstić information content (AvgIpc) is 2.72. The molecule has 4 heteroatoms. The van der Waals surface area contributed by atoms with Crippen LogP contribution in [0.3, 0.4) is 0 Å². The van der Waals surface area contributed by atoms with E-state index in [1.165, 1.54) is 0 Å². The first-order valence-electron chi connectivity index (χ1n) is 5.14. The Bertz CT molecular complexity index is 500. The lowest BCUT2D eigenvalue weighted by Gasteiger charge is -1.97. The highest BCUT2D eigenvalue weighted by molar-refractivity contribution is 5.81. The van der Waals surface area contributed by atoms with Crippen LogP contribution in [-0.2, 0) is 4.79 Å². The Morgan fingerprint density at radius 2 is 2.12 bits per heavy atom. The smallest absolute Gasteiger partial charge is 0.328 e. The second-order valence-corrected chi connectivity index (χ2v) is 3.67. The van der Waals surface area contributed by atoms with Crippen LogP contribution in [0.5, 0.6) is 11.5 Å². The molecule has 88 valence electrons. The maximum Gasteiger partial charge on any atom is 0.328 e. The fourth-order valence-corrected chi connectivity index (χ4v) is 1.49. The van der Waals surface area contributed by atoms with Gasteiger partial charge < -0.3 is 14.6 Å². The molecule has 2 rings (SSSR count). The fraction of sp³-hybridized carbons (Fsp3) is 0.154. The van der Waals surface area contributed by atoms with Crippen molar-refractivity contribution < 1.29 is 19.4 Å². The van der Waals surface area contributed by atoms with Crippen LogP contribution >= 0.6 is 0 Å². The lowest BCUT2D eigenvalue weighted by molar-refractivity contribution is -0.131. The molecule has 0 radical (unpaired) electrons. The van der Waals surface area contributed by atoms with Gasteiger partial charge in [0, 0.05) is 6.08 Å². The number of hydrogen-bond donors (Lipinski definition) is 1. The zero-order valence-electron chi connectivity index (χ0n) is 9.34. The highest BCUT2D eigenvalue weighted by Gasteiger charge is 2.11. The van der Waals surface area contributed by atoms with E-state index in [1.807, 2.05) is 24.3 Å². The van der Waals surface area contributed by atoms with Gasteiger partial charge in [0.2, 0.25) is 6.79 Å². The molecule has 0 atom stereocenters. The molecule has 0 spiro atoms. The summed E-state index contributed by atoms with van der Waals surface area (Å²) < 4.78 is 10.4. The number of carboxylic acids is 1. The van der Waals surface area contributed by atoms with Crippen molar-refractivity contribution >= 4 is 12.0 Å². The van der Waals surface area contributed by atoms with E-state index in [0.717, 1.165) is 17.4 Å². The van der Waals surface area contributed by atoms with Gasteiger partial charge in [0.05, 0.1) is 0 Å². The molecule has 1 aliphatic heterocycles.